The number of aromatic carboxylic acids is 1. The van der Waals surface area contributed by atoms with E-state index in [0.717, 1.165) is 11.3 Å². The molecule has 3 aromatic heterocycles. The number of nitrogens with two attached hydrogens (primary N) is 1. The summed E-state index contributed by atoms with van der Waals surface area (Å²) in [5.41, 5.74) is 8.59. The number of carboxylic acids is 1. The van der Waals surface area contributed by atoms with Gasteiger partial charge in [-0.05, 0) is 19.1 Å². The van der Waals surface area contributed by atoms with Gasteiger partial charge in [0.25, 0.3) is 5.91 Å². The van der Waals surface area contributed by atoms with Crippen molar-refractivity contribution >= 4 is 46.9 Å². The number of hydrogen-bond acceptors (Lipinski definition) is 6. The normalized spacial score (nSPS) is 14.7. The quantitative estimate of drug-likeness (QED) is 0.437. The molecule has 1 aliphatic heterocycles. The molecule has 148 valence electrons. The maximum absolute atomic E-state index is 13.2. The molecule has 0 fully saturated rings. The first-order valence-electron chi connectivity index (χ1n) is 8.52. The van der Waals surface area contributed by atoms with Gasteiger partial charge in [-0.15, -0.1) is 0 Å². The second kappa shape index (κ2) is 6.74. The Morgan fingerprint density at radius 3 is 2.79 bits per heavy atom. The molecule has 0 spiro atoms. The molecule has 1 aliphatic rings. The summed E-state index contributed by atoms with van der Waals surface area (Å²) in [7, 11) is 1.81. The number of carboxylic acid groups (broad SMARTS) is 1. The third kappa shape index (κ3) is 3.13. The number of anilines is 2. The molecule has 1 amide bonds. The van der Waals surface area contributed by atoms with Crippen LogP contribution >= 0.6 is 11.6 Å². The maximum Gasteiger partial charge on any atom is 0.337 e. The van der Waals surface area contributed by atoms with Crippen LogP contribution in [0.5, 0.6) is 0 Å². The monoisotopic (exact) mass is 413 g/mol. The first-order valence-corrected chi connectivity index (χ1v) is 8.90. The van der Waals surface area contributed by atoms with Crippen molar-refractivity contribution in [3.63, 3.8) is 0 Å². The molecule has 11 heteroatoms. The number of hydrogen-bond donors (Lipinski definition) is 3. The van der Waals surface area contributed by atoms with Crippen LogP contribution in [0.25, 0.3) is 11.6 Å². The fraction of sp³-hybridized carbons (Fsp3) is 0.167. The average molecular weight is 414 g/mol. The summed E-state index contributed by atoms with van der Waals surface area (Å²) in [5.74, 6) is -1.18. The van der Waals surface area contributed by atoms with E-state index in [1.54, 1.807) is 10.9 Å². The van der Waals surface area contributed by atoms with Gasteiger partial charge in [0.05, 0.1) is 29.4 Å². The molecule has 4 N–H and O–H groups in total. The fourth-order valence-corrected chi connectivity index (χ4v) is 3.41. The molecule has 0 saturated heterocycles. The van der Waals surface area contributed by atoms with E-state index in [1.807, 2.05) is 14.0 Å². The van der Waals surface area contributed by atoms with E-state index < -0.39 is 5.97 Å². The predicted molar refractivity (Wildman–Crippen MR) is 106 cm³/mol. The van der Waals surface area contributed by atoms with Gasteiger partial charge in [0.2, 0.25) is 5.95 Å². The van der Waals surface area contributed by atoms with Crippen molar-refractivity contribution in [3.8, 4) is 0 Å². The highest BCUT2D eigenvalue weighted by Crippen LogP contribution is 2.41. The zero-order chi connectivity index (χ0) is 20.9. The van der Waals surface area contributed by atoms with Crippen LogP contribution in [0.1, 0.15) is 32.9 Å². The molecule has 0 aliphatic carbocycles. The summed E-state index contributed by atoms with van der Waals surface area (Å²) in [6.45, 7) is 2.12. The van der Waals surface area contributed by atoms with E-state index in [-0.39, 0.29) is 34.7 Å². The van der Waals surface area contributed by atoms with Crippen molar-refractivity contribution in [3.05, 3.63) is 51.7 Å². The number of halogens is 1. The van der Waals surface area contributed by atoms with Crippen LogP contribution in [0.2, 0.25) is 5.15 Å². The molecule has 0 saturated carbocycles. The third-order valence-electron chi connectivity index (χ3n) is 4.78. The predicted octanol–water partition coefficient (Wildman–Crippen LogP) is 1.87. The number of rotatable bonds is 4. The highest BCUT2D eigenvalue weighted by molar-refractivity contribution is 6.41. The Morgan fingerprint density at radius 1 is 1.41 bits per heavy atom. The van der Waals surface area contributed by atoms with Crippen molar-refractivity contribution in [2.24, 2.45) is 7.05 Å². The molecule has 4 heterocycles. The van der Waals surface area contributed by atoms with Gasteiger partial charge in [-0.25, -0.2) is 9.78 Å². The van der Waals surface area contributed by atoms with Crippen molar-refractivity contribution in [1.82, 2.24) is 24.7 Å². The number of carbonyl (C=O) groups excluding carboxylic acids is 1. The van der Waals surface area contributed by atoms with Gasteiger partial charge in [-0.1, -0.05) is 11.6 Å². The molecule has 29 heavy (non-hydrogen) atoms. The molecule has 10 nitrogen and oxygen atoms in total. The highest BCUT2D eigenvalue weighted by Gasteiger charge is 2.37. The molecular weight excluding hydrogens is 398 g/mol. The van der Waals surface area contributed by atoms with Crippen molar-refractivity contribution in [2.75, 3.05) is 10.6 Å². The van der Waals surface area contributed by atoms with E-state index in [4.69, 9.17) is 22.4 Å². The number of aromatic nitrogens is 5. The number of nitrogens with zero attached hydrogens (tertiary/aromatic N) is 5. The standard InChI is InChI=1S/C18H16ClN7O3/c1-8-10(6-22-25(8)2)7-26-15-13(14(19)23-18(20)24-15)12(16(26)27)4-11-3-9(5-21-11)17(28)29/h3-6,21H,7H2,1-2H3,(H,28,29)(H2,20,23,24)/b12-4-. The van der Waals surface area contributed by atoms with Crippen molar-refractivity contribution in [2.45, 2.75) is 13.5 Å². The number of amides is 1. The van der Waals surface area contributed by atoms with Crippen LogP contribution in [-0.4, -0.2) is 41.7 Å². The number of H-pyrrole nitrogens is 1. The van der Waals surface area contributed by atoms with Crippen molar-refractivity contribution in [1.29, 1.82) is 0 Å². The van der Waals surface area contributed by atoms with Gasteiger partial charge in [0, 0.05) is 30.2 Å². The largest absolute Gasteiger partial charge is 0.478 e. The van der Waals surface area contributed by atoms with Crippen LogP contribution in [0, 0.1) is 6.92 Å². The molecule has 0 bridgehead atoms. The lowest BCUT2D eigenvalue weighted by Gasteiger charge is -2.16. The number of fused-ring (bicyclic) bond motifs is 1. The minimum Gasteiger partial charge on any atom is -0.478 e. The van der Waals surface area contributed by atoms with E-state index >= 15 is 0 Å². The zero-order valence-corrected chi connectivity index (χ0v) is 16.2. The summed E-state index contributed by atoms with van der Waals surface area (Å²) in [6.07, 6.45) is 4.54. The van der Waals surface area contributed by atoms with E-state index in [2.05, 4.69) is 20.1 Å². The van der Waals surface area contributed by atoms with Gasteiger partial charge in [-0.3, -0.25) is 14.4 Å². The van der Waals surface area contributed by atoms with Crippen molar-refractivity contribution < 1.29 is 14.7 Å². The third-order valence-corrected chi connectivity index (χ3v) is 5.05. The topological polar surface area (TPSA) is 143 Å². The second-order valence-corrected chi connectivity index (χ2v) is 6.91. The van der Waals surface area contributed by atoms with Crippen LogP contribution in [-0.2, 0) is 18.4 Å². The Hall–Kier alpha value is -3.66. The van der Waals surface area contributed by atoms with Gasteiger partial charge in [-0.2, -0.15) is 10.1 Å². The Bertz CT molecular complexity index is 1190. The molecule has 3 aromatic rings. The molecule has 0 aromatic carbocycles. The lowest BCUT2D eigenvalue weighted by Crippen LogP contribution is -2.26. The SMILES string of the molecule is Cc1c(CN2C(=O)/C(=C\c3cc(C(=O)O)c[nH]3)c3c(Cl)nc(N)nc32)cnn1C. The molecule has 0 atom stereocenters. The summed E-state index contributed by atoms with van der Waals surface area (Å²) >= 11 is 6.29. The molecule has 0 radical (unpaired) electrons. The lowest BCUT2D eigenvalue weighted by molar-refractivity contribution is -0.113. The number of aryl methyl sites for hydroxylation is 1. The molecule has 4 rings (SSSR count). The van der Waals surface area contributed by atoms with Gasteiger partial charge in [0.15, 0.2) is 5.82 Å². The summed E-state index contributed by atoms with van der Waals surface area (Å²) in [4.78, 5) is 36.8. The van der Waals surface area contributed by atoms with Crippen LogP contribution in [0.4, 0.5) is 11.8 Å². The van der Waals surface area contributed by atoms with E-state index in [1.165, 1.54) is 23.2 Å². The summed E-state index contributed by atoms with van der Waals surface area (Å²) < 4.78 is 1.71. The fourth-order valence-electron chi connectivity index (χ4n) is 3.14. The Morgan fingerprint density at radius 2 is 2.17 bits per heavy atom. The van der Waals surface area contributed by atoms with Gasteiger partial charge >= 0.3 is 5.97 Å². The first-order chi connectivity index (χ1) is 13.8. The number of carbonyl (C=O) groups is 2. The Kier molecular flexibility index (Phi) is 4.35. The van der Waals surface area contributed by atoms with Crippen LogP contribution < -0.4 is 10.6 Å². The summed E-state index contributed by atoms with van der Waals surface area (Å²) in [5, 5.41) is 13.3. The minimum atomic E-state index is -1.08. The Balaban J connectivity index is 1.82. The van der Waals surface area contributed by atoms with Crippen LogP contribution in [0.15, 0.2) is 18.5 Å². The minimum absolute atomic E-state index is 0.0440. The smallest absolute Gasteiger partial charge is 0.337 e. The van der Waals surface area contributed by atoms with Gasteiger partial charge < -0.3 is 15.8 Å². The number of aromatic amines is 1. The molecule has 0 unspecified atom stereocenters. The zero-order valence-electron chi connectivity index (χ0n) is 15.5. The summed E-state index contributed by atoms with van der Waals surface area (Å²) in [6, 6.07) is 1.42. The van der Waals surface area contributed by atoms with E-state index in [9.17, 15) is 9.59 Å². The Labute approximate surface area is 169 Å². The maximum atomic E-state index is 13.2. The van der Waals surface area contributed by atoms with Crippen LogP contribution in [0.3, 0.4) is 0 Å². The molecular formula is C18H16ClN7O3. The van der Waals surface area contributed by atoms with E-state index in [0.29, 0.717) is 17.1 Å². The second-order valence-electron chi connectivity index (χ2n) is 6.55. The number of nitrogens with one attached hydrogen (secondary N) is 1. The van der Waals surface area contributed by atoms with Gasteiger partial charge in [0.1, 0.15) is 5.15 Å². The first kappa shape index (κ1) is 18.7. The number of nitrogen functional groups attached to an aromatic ring is 1. The average Bonchev–Trinajstić information content (AvgIpc) is 3.31. The highest BCUT2D eigenvalue weighted by atomic mass is 35.5. The lowest BCUT2D eigenvalue weighted by atomic mass is 10.1.